The Hall–Kier alpha value is -3.95. The molecule has 39 heavy (non-hydrogen) atoms. The van der Waals surface area contributed by atoms with Crippen molar-refractivity contribution in [2.75, 3.05) is 25.5 Å². The molecule has 4 aromatic rings. The number of methoxy groups -OCH3 is 1. The van der Waals surface area contributed by atoms with Gasteiger partial charge in [0.2, 0.25) is 21.9 Å². The smallest absolute Gasteiger partial charge is 0.243 e. The largest absolute Gasteiger partial charge is 0.497 e. The summed E-state index contributed by atoms with van der Waals surface area (Å²) < 4.78 is 34.6. The van der Waals surface area contributed by atoms with E-state index < -0.39 is 15.9 Å². The molecule has 0 fully saturated rings. The molecular formula is C30H34N4O4S. The molecule has 0 saturated carbocycles. The van der Waals surface area contributed by atoms with Crippen molar-refractivity contribution in [3.8, 4) is 22.7 Å². The van der Waals surface area contributed by atoms with Gasteiger partial charge in [-0.3, -0.25) is 14.7 Å². The maximum Gasteiger partial charge on any atom is 0.243 e. The molecular weight excluding hydrogens is 512 g/mol. The number of likely N-dealkylation sites (N-methyl/N-ethyl adjacent to an activating group) is 1. The van der Waals surface area contributed by atoms with E-state index >= 15 is 0 Å². The van der Waals surface area contributed by atoms with Crippen molar-refractivity contribution in [1.29, 1.82) is 0 Å². The lowest BCUT2D eigenvalue weighted by atomic mass is 10.0. The zero-order chi connectivity index (χ0) is 28.2. The summed E-state index contributed by atoms with van der Waals surface area (Å²) in [7, 11) is -2.23. The fourth-order valence-electron chi connectivity index (χ4n) is 4.14. The maximum absolute atomic E-state index is 13.2. The van der Waals surface area contributed by atoms with Crippen LogP contribution in [0.25, 0.3) is 16.9 Å². The van der Waals surface area contributed by atoms with Gasteiger partial charge in [0.15, 0.2) is 0 Å². The monoisotopic (exact) mass is 546 g/mol. The summed E-state index contributed by atoms with van der Waals surface area (Å²) >= 11 is 0. The van der Waals surface area contributed by atoms with Gasteiger partial charge in [-0.2, -0.15) is 4.31 Å². The first kappa shape index (κ1) is 28.1. The number of rotatable bonds is 10. The van der Waals surface area contributed by atoms with Crippen LogP contribution in [0.2, 0.25) is 0 Å². The molecule has 0 aliphatic rings. The highest BCUT2D eigenvalue weighted by Gasteiger charge is 2.26. The molecule has 204 valence electrons. The number of benzene rings is 3. The molecule has 0 bridgehead atoms. The zero-order valence-corrected chi connectivity index (χ0v) is 23.7. The Morgan fingerprint density at radius 3 is 2.21 bits per heavy atom. The average molecular weight is 547 g/mol. The summed E-state index contributed by atoms with van der Waals surface area (Å²) in [6.45, 7) is 7.65. The number of aromatic nitrogens is 2. The number of anilines is 1. The van der Waals surface area contributed by atoms with Gasteiger partial charge >= 0.3 is 0 Å². The highest BCUT2D eigenvalue weighted by Crippen LogP contribution is 2.27. The van der Waals surface area contributed by atoms with Gasteiger partial charge in [0.1, 0.15) is 5.75 Å². The second kappa shape index (κ2) is 11.8. The summed E-state index contributed by atoms with van der Waals surface area (Å²) in [6, 6.07) is 22.1. The summed E-state index contributed by atoms with van der Waals surface area (Å²) in [4.78, 5) is 18.0. The number of nitrogens with zero attached hydrogens (tertiary/aromatic N) is 3. The Bertz CT molecular complexity index is 1530. The second-order valence-electron chi connectivity index (χ2n) is 9.59. The molecule has 0 spiro atoms. The van der Waals surface area contributed by atoms with Gasteiger partial charge in [0.25, 0.3) is 0 Å². The van der Waals surface area contributed by atoms with Gasteiger partial charge in [-0.25, -0.2) is 13.4 Å². The lowest BCUT2D eigenvalue weighted by Gasteiger charge is -2.20. The van der Waals surface area contributed by atoms with Crippen LogP contribution in [0.4, 0.5) is 5.95 Å². The van der Waals surface area contributed by atoms with E-state index in [1.807, 2.05) is 61.7 Å². The van der Waals surface area contributed by atoms with Crippen LogP contribution >= 0.6 is 0 Å². The number of ether oxygens (including phenoxy) is 1. The molecule has 0 atom stereocenters. The number of carbonyl (C=O) groups excluding carboxylic acids is 1. The SMILES string of the molecule is CCN(CC(=O)Nc1nc(-c2ccc(OC)cc2)cn1-c1ccc(C(C)C)cc1)S(=O)(=O)c1ccc(C)cc1. The number of carbonyl (C=O) groups is 1. The van der Waals surface area contributed by atoms with Crippen LogP contribution in [0.5, 0.6) is 5.75 Å². The Morgan fingerprint density at radius 2 is 1.64 bits per heavy atom. The Balaban J connectivity index is 1.64. The number of nitrogens with one attached hydrogen (secondary N) is 1. The lowest BCUT2D eigenvalue weighted by Crippen LogP contribution is -2.38. The van der Waals surface area contributed by atoms with E-state index in [1.54, 1.807) is 42.9 Å². The number of amides is 1. The summed E-state index contributed by atoms with van der Waals surface area (Å²) in [5, 5.41) is 2.84. The van der Waals surface area contributed by atoms with Crippen molar-refractivity contribution in [1.82, 2.24) is 13.9 Å². The number of imidazole rings is 1. The van der Waals surface area contributed by atoms with E-state index in [9.17, 15) is 13.2 Å². The van der Waals surface area contributed by atoms with Crippen LogP contribution in [0.3, 0.4) is 0 Å². The van der Waals surface area contributed by atoms with Crippen LogP contribution < -0.4 is 10.1 Å². The predicted molar refractivity (Wildman–Crippen MR) is 154 cm³/mol. The van der Waals surface area contributed by atoms with E-state index in [-0.39, 0.29) is 18.0 Å². The topological polar surface area (TPSA) is 93.5 Å². The third kappa shape index (κ3) is 6.38. The molecule has 0 unspecified atom stereocenters. The number of hydrogen-bond donors (Lipinski definition) is 1. The van der Waals surface area contributed by atoms with E-state index in [0.717, 1.165) is 26.9 Å². The van der Waals surface area contributed by atoms with Gasteiger partial charge in [0, 0.05) is 24.0 Å². The Kier molecular flexibility index (Phi) is 8.52. The van der Waals surface area contributed by atoms with E-state index in [0.29, 0.717) is 17.6 Å². The molecule has 8 nitrogen and oxygen atoms in total. The Morgan fingerprint density at radius 1 is 1.00 bits per heavy atom. The van der Waals surface area contributed by atoms with Crippen molar-refractivity contribution in [3.63, 3.8) is 0 Å². The fourth-order valence-corrected chi connectivity index (χ4v) is 5.54. The van der Waals surface area contributed by atoms with Gasteiger partial charge in [0.05, 0.1) is 24.2 Å². The minimum Gasteiger partial charge on any atom is -0.497 e. The van der Waals surface area contributed by atoms with Crippen LogP contribution in [0.15, 0.2) is 83.9 Å². The maximum atomic E-state index is 13.2. The van der Waals surface area contributed by atoms with Crippen molar-refractivity contribution in [2.24, 2.45) is 0 Å². The molecule has 1 N–H and O–H groups in total. The first-order valence-electron chi connectivity index (χ1n) is 12.8. The van der Waals surface area contributed by atoms with E-state index in [1.165, 1.54) is 5.56 Å². The quantitative estimate of drug-likeness (QED) is 0.278. The summed E-state index contributed by atoms with van der Waals surface area (Å²) in [6.07, 6.45) is 1.85. The fraction of sp³-hybridized carbons (Fsp3) is 0.267. The first-order chi connectivity index (χ1) is 18.6. The van der Waals surface area contributed by atoms with Gasteiger partial charge in [-0.05, 0) is 66.9 Å². The van der Waals surface area contributed by atoms with E-state index in [2.05, 4.69) is 19.2 Å². The highest BCUT2D eigenvalue weighted by molar-refractivity contribution is 7.89. The van der Waals surface area contributed by atoms with Gasteiger partial charge in [-0.1, -0.05) is 50.6 Å². The summed E-state index contributed by atoms with van der Waals surface area (Å²) in [5.41, 5.74) is 4.47. The van der Waals surface area contributed by atoms with Crippen molar-refractivity contribution < 1.29 is 17.9 Å². The molecule has 4 rings (SSSR count). The van der Waals surface area contributed by atoms with Gasteiger partial charge in [-0.15, -0.1) is 0 Å². The minimum atomic E-state index is -3.84. The summed E-state index contributed by atoms with van der Waals surface area (Å²) in [5.74, 6) is 0.920. The zero-order valence-electron chi connectivity index (χ0n) is 22.9. The predicted octanol–water partition coefficient (Wildman–Crippen LogP) is 5.63. The molecule has 0 radical (unpaired) electrons. The van der Waals surface area contributed by atoms with E-state index in [4.69, 9.17) is 9.72 Å². The van der Waals surface area contributed by atoms with Crippen LogP contribution in [0.1, 0.15) is 37.8 Å². The second-order valence-corrected chi connectivity index (χ2v) is 11.5. The molecule has 0 saturated heterocycles. The number of sulfonamides is 1. The average Bonchev–Trinajstić information content (AvgIpc) is 3.35. The molecule has 1 amide bonds. The van der Waals surface area contributed by atoms with Gasteiger partial charge < -0.3 is 4.74 Å². The molecule has 0 aliphatic heterocycles. The van der Waals surface area contributed by atoms with Crippen molar-refractivity contribution >= 4 is 21.9 Å². The molecule has 9 heteroatoms. The highest BCUT2D eigenvalue weighted by atomic mass is 32.2. The minimum absolute atomic E-state index is 0.145. The first-order valence-corrected chi connectivity index (χ1v) is 14.3. The molecule has 3 aromatic carbocycles. The van der Waals surface area contributed by atoms with Crippen molar-refractivity contribution in [3.05, 3.63) is 90.1 Å². The van der Waals surface area contributed by atoms with Crippen LogP contribution in [-0.2, 0) is 14.8 Å². The number of aryl methyl sites for hydroxylation is 1. The third-order valence-corrected chi connectivity index (χ3v) is 8.45. The third-order valence-electron chi connectivity index (χ3n) is 6.51. The standard InChI is InChI=1S/C30H34N4O4S/c1-6-33(39(36,37)27-17-7-22(4)8-18-27)20-29(35)32-30-31-28(24-11-15-26(38-5)16-12-24)19-34(30)25-13-9-23(10-14-25)21(2)3/h7-19,21H,6,20H2,1-5H3,(H,31,32,35). The van der Waals surface area contributed by atoms with Crippen molar-refractivity contribution in [2.45, 2.75) is 38.5 Å². The van der Waals surface area contributed by atoms with Crippen LogP contribution in [0, 0.1) is 6.92 Å². The normalized spacial score (nSPS) is 11.7. The van der Waals surface area contributed by atoms with Crippen LogP contribution in [-0.4, -0.2) is 48.4 Å². The lowest BCUT2D eigenvalue weighted by molar-refractivity contribution is -0.116. The number of hydrogen-bond acceptors (Lipinski definition) is 5. The molecule has 0 aliphatic carbocycles. The Labute approximate surface area is 230 Å². The molecule has 1 aromatic heterocycles. The molecule has 1 heterocycles.